The summed E-state index contributed by atoms with van der Waals surface area (Å²) in [4.78, 5) is 0. The predicted octanol–water partition coefficient (Wildman–Crippen LogP) is 0.404. The molecule has 1 saturated heterocycles. The van der Waals surface area contributed by atoms with Gasteiger partial charge in [-0.3, -0.25) is 0 Å². The fourth-order valence-electron chi connectivity index (χ4n) is 0.670. The van der Waals surface area contributed by atoms with Crippen molar-refractivity contribution in [2.75, 3.05) is 0 Å². The monoisotopic (exact) mass is 177 g/mol. The molecule has 3 radical (unpaired) electrons. The molecule has 9 heavy (non-hydrogen) atoms. The molecule has 1 rings (SSSR count). The van der Waals surface area contributed by atoms with Crippen molar-refractivity contribution in [3.05, 3.63) is 0 Å². The van der Waals surface area contributed by atoms with Crippen molar-refractivity contribution in [2.45, 2.75) is 19.6 Å². The van der Waals surface area contributed by atoms with Crippen molar-refractivity contribution in [2.24, 2.45) is 0 Å². The van der Waals surface area contributed by atoms with Gasteiger partial charge in [-0.05, 0) is 19.6 Å². The first-order chi connectivity index (χ1) is 4.18. The van der Waals surface area contributed by atoms with E-state index in [0.717, 1.165) is 0 Å². The third-order valence-corrected chi connectivity index (χ3v) is 7.76. The van der Waals surface area contributed by atoms with E-state index in [1.807, 2.05) is 19.6 Å². The van der Waals surface area contributed by atoms with Crippen LogP contribution in [0.1, 0.15) is 0 Å². The first-order valence-corrected chi connectivity index (χ1v) is 8.17. The molecule has 0 unspecified atom stereocenters. The SMILES string of the molecule is C[Si]1O[Si](C)O[Si](C)O1. The van der Waals surface area contributed by atoms with Gasteiger partial charge in [0.1, 0.15) is 0 Å². The average molecular weight is 177 g/mol. The largest absolute Gasteiger partial charge is 0.414 e. The molecule has 0 aromatic rings. The maximum Gasteiger partial charge on any atom is 0.362 e. The lowest BCUT2D eigenvalue weighted by Gasteiger charge is -2.25. The van der Waals surface area contributed by atoms with Crippen LogP contribution in [0.3, 0.4) is 0 Å². The highest BCUT2D eigenvalue weighted by molar-refractivity contribution is 6.72. The van der Waals surface area contributed by atoms with E-state index < -0.39 is 27.9 Å². The normalized spacial score (nSPS) is 27.0. The summed E-state index contributed by atoms with van der Waals surface area (Å²) in [7, 11) is -2.77. The van der Waals surface area contributed by atoms with E-state index in [2.05, 4.69) is 0 Å². The van der Waals surface area contributed by atoms with Crippen LogP contribution in [0, 0.1) is 0 Å². The van der Waals surface area contributed by atoms with Crippen LogP contribution in [-0.4, -0.2) is 27.9 Å². The summed E-state index contributed by atoms with van der Waals surface area (Å²) in [5.41, 5.74) is 0. The van der Waals surface area contributed by atoms with Crippen LogP contribution in [0.2, 0.25) is 19.6 Å². The Morgan fingerprint density at radius 3 is 1.11 bits per heavy atom. The molecule has 0 amide bonds. The van der Waals surface area contributed by atoms with Crippen LogP contribution < -0.4 is 0 Å². The Morgan fingerprint density at radius 2 is 0.889 bits per heavy atom. The molecular formula is C3H9O3Si3. The molecule has 0 bridgehead atoms. The Balaban J connectivity index is 2.34. The van der Waals surface area contributed by atoms with Gasteiger partial charge in [-0.1, -0.05) is 0 Å². The molecule has 0 aromatic heterocycles. The third kappa shape index (κ3) is 2.32. The maximum atomic E-state index is 5.34. The quantitative estimate of drug-likeness (QED) is 0.502. The smallest absolute Gasteiger partial charge is 0.362 e. The highest BCUT2D eigenvalue weighted by Crippen LogP contribution is 2.06. The minimum Gasteiger partial charge on any atom is -0.414 e. The van der Waals surface area contributed by atoms with E-state index >= 15 is 0 Å². The Labute approximate surface area is 60.5 Å². The Kier molecular flexibility index (Phi) is 2.61. The highest BCUT2D eigenvalue weighted by atomic mass is 28.5. The van der Waals surface area contributed by atoms with E-state index in [4.69, 9.17) is 12.3 Å². The molecule has 51 valence electrons. The molecule has 1 aliphatic heterocycles. The van der Waals surface area contributed by atoms with Gasteiger partial charge in [0, 0.05) is 0 Å². The van der Waals surface area contributed by atoms with Gasteiger partial charge in [-0.2, -0.15) is 0 Å². The molecular weight excluding hydrogens is 168 g/mol. The van der Waals surface area contributed by atoms with Crippen LogP contribution in [-0.2, 0) is 12.3 Å². The van der Waals surface area contributed by atoms with Gasteiger partial charge in [0.2, 0.25) is 0 Å². The van der Waals surface area contributed by atoms with Gasteiger partial charge in [0.05, 0.1) is 0 Å². The Morgan fingerprint density at radius 1 is 0.667 bits per heavy atom. The molecule has 1 aliphatic rings. The summed E-state index contributed by atoms with van der Waals surface area (Å²) in [5.74, 6) is 0. The van der Waals surface area contributed by atoms with Gasteiger partial charge in [-0.15, -0.1) is 0 Å². The van der Waals surface area contributed by atoms with Crippen molar-refractivity contribution in [1.29, 1.82) is 0 Å². The van der Waals surface area contributed by atoms with E-state index in [1.165, 1.54) is 0 Å². The summed E-state index contributed by atoms with van der Waals surface area (Å²) in [5, 5.41) is 0. The molecule has 1 heterocycles. The van der Waals surface area contributed by atoms with E-state index in [0.29, 0.717) is 0 Å². The Bertz CT molecular complexity index is 75.3. The summed E-state index contributed by atoms with van der Waals surface area (Å²) in [6, 6.07) is 0. The zero-order chi connectivity index (χ0) is 6.85. The van der Waals surface area contributed by atoms with Gasteiger partial charge in [0.15, 0.2) is 0 Å². The lowest BCUT2D eigenvalue weighted by Crippen LogP contribution is -2.44. The van der Waals surface area contributed by atoms with Crippen LogP contribution in [0.4, 0.5) is 0 Å². The summed E-state index contributed by atoms with van der Waals surface area (Å²) >= 11 is 0. The predicted molar refractivity (Wildman–Crippen MR) is 38.1 cm³/mol. The average Bonchev–Trinajstić information content (AvgIpc) is 1.59. The van der Waals surface area contributed by atoms with E-state index in [-0.39, 0.29) is 0 Å². The van der Waals surface area contributed by atoms with Gasteiger partial charge in [-0.25, -0.2) is 0 Å². The highest BCUT2D eigenvalue weighted by Gasteiger charge is 2.29. The van der Waals surface area contributed by atoms with Crippen LogP contribution in [0.25, 0.3) is 0 Å². The second-order valence-corrected chi connectivity index (χ2v) is 7.18. The van der Waals surface area contributed by atoms with Crippen LogP contribution >= 0.6 is 0 Å². The zero-order valence-corrected chi connectivity index (χ0v) is 8.72. The standard InChI is InChI=1S/C3H9O3Si3/c1-7-4-8(2)6-9(3)5-7/h1-3H3. The first-order valence-electron chi connectivity index (χ1n) is 2.72. The van der Waals surface area contributed by atoms with E-state index in [9.17, 15) is 0 Å². The minimum absolute atomic E-state index is 0.925. The maximum absolute atomic E-state index is 5.34. The van der Waals surface area contributed by atoms with Gasteiger partial charge in [0.25, 0.3) is 0 Å². The molecule has 6 heteroatoms. The van der Waals surface area contributed by atoms with Crippen molar-refractivity contribution in [1.82, 2.24) is 0 Å². The van der Waals surface area contributed by atoms with Crippen molar-refractivity contribution < 1.29 is 12.3 Å². The zero-order valence-electron chi connectivity index (χ0n) is 5.72. The summed E-state index contributed by atoms with van der Waals surface area (Å²) in [6.45, 7) is 6.03. The summed E-state index contributed by atoms with van der Waals surface area (Å²) < 4.78 is 16.0. The molecule has 3 nitrogen and oxygen atoms in total. The van der Waals surface area contributed by atoms with Crippen LogP contribution in [0.5, 0.6) is 0 Å². The van der Waals surface area contributed by atoms with Crippen molar-refractivity contribution in [3.8, 4) is 0 Å². The molecule has 0 N–H and O–H groups in total. The second-order valence-electron chi connectivity index (χ2n) is 1.78. The molecule has 0 spiro atoms. The number of rotatable bonds is 0. The van der Waals surface area contributed by atoms with Crippen molar-refractivity contribution >= 4 is 27.9 Å². The van der Waals surface area contributed by atoms with E-state index in [1.54, 1.807) is 0 Å². The Hall–Kier alpha value is 0.531. The van der Waals surface area contributed by atoms with Gasteiger partial charge < -0.3 is 12.3 Å². The lowest BCUT2D eigenvalue weighted by atomic mass is 11.9. The van der Waals surface area contributed by atoms with Gasteiger partial charge >= 0.3 is 27.9 Å². The first kappa shape index (κ1) is 7.64. The number of hydrogen-bond acceptors (Lipinski definition) is 3. The molecule has 0 aliphatic carbocycles. The third-order valence-electron chi connectivity index (χ3n) is 0.862. The topological polar surface area (TPSA) is 27.7 Å². The molecule has 0 saturated carbocycles. The lowest BCUT2D eigenvalue weighted by molar-refractivity contribution is 0.294. The summed E-state index contributed by atoms with van der Waals surface area (Å²) in [6.07, 6.45) is 0. The van der Waals surface area contributed by atoms with Crippen molar-refractivity contribution in [3.63, 3.8) is 0 Å². The fourth-order valence-corrected chi connectivity index (χ4v) is 7.15. The minimum atomic E-state index is -0.925. The second kappa shape index (κ2) is 3.08. The molecule has 0 atom stereocenters. The fraction of sp³-hybridized carbons (Fsp3) is 1.00. The van der Waals surface area contributed by atoms with Crippen LogP contribution in [0.15, 0.2) is 0 Å². The number of hydrogen-bond donors (Lipinski definition) is 0. The molecule has 0 aromatic carbocycles. The molecule has 1 fully saturated rings.